The highest BCUT2D eigenvalue weighted by molar-refractivity contribution is 5.95. The number of aromatic nitrogens is 1. The lowest BCUT2D eigenvalue weighted by molar-refractivity contribution is 0.415. The van der Waals surface area contributed by atoms with Gasteiger partial charge in [-0.25, -0.2) is 9.98 Å². The Labute approximate surface area is 162 Å². The molecule has 0 aliphatic heterocycles. The molecular formula is C21H19N5O2. The molecule has 0 saturated heterocycles. The summed E-state index contributed by atoms with van der Waals surface area (Å²) in [5, 5.41) is 14.9. The zero-order valence-electron chi connectivity index (χ0n) is 15.3. The Kier molecular flexibility index (Phi) is 4.93. The molecule has 1 aliphatic rings. The van der Waals surface area contributed by atoms with Crippen molar-refractivity contribution in [1.82, 2.24) is 10.3 Å². The molecule has 2 aromatic carbocycles. The largest absolute Gasteiger partial charge is 0.496 e. The van der Waals surface area contributed by atoms with Crippen LogP contribution in [0, 0.1) is 11.5 Å². The van der Waals surface area contributed by atoms with E-state index in [2.05, 4.69) is 32.7 Å². The van der Waals surface area contributed by atoms with Gasteiger partial charge in [-0.3, -0.25) is 5.32 Å². The second kappa shape index (κ2) is 7.84. The monoisotopic (exact) mass is 373 g/mol. The number of rotatable bonds is 5. The van der Waals surface area contributed by atoms with Crippen LogP contribution in [0.5, 0.6) is 5.75 Å². The van der Waals surface area contributed by atoms with Gasteiger partial charge in [0.1, 0.15) is 5.75 Å². The number of methoxy groups -OCH3 is 1. The number of nitrogens with zero attached hydrogens (tertiary/aromatic N) is 3. The fraction of sp³-hybridized carbons (Fsp3) is 0.190. The van der Waals surface area contributed by atoms with Crippen molar-refractivity contribution >= 4 is 11.6 Å². The first kappa shape index (κ1) is 17.6. The highest BCUT2D eigenvalue weighted by Gasteiger charge is 2.38. The third-order valence-corrected chi connectivity index (χ3v) is 4.62. The average Bonchev–Trinajstić information content (AvgIpc) is 3.27. The molecule has 0 unspecified atom stereocenters. The average molecular weight is 373 g/mol. The summed E-state index contributed by atoms with van der Waals surface area (Å²) in [7, 11) is 1.59. The Morgan fingerprint density at radius 3 is 2.86 bits per heavy atom. The zero-order chi connectivity index (χ0) is 19.3. The van der Waals surface area contributed by atoms with Crippen LogP contribution in [0.1, 0.15) is 17.9 Å². The van der Waals surface area contributed by atoms with Crippen molar-refractivity contribution in [1.29, 1.82) is 5.26 Å². The van der Waals surface area contributed by atoms with E-state index in [-0.39, 0.29) is 6.04 Å². The number of nitriles is 1. The molecule has 1 aromatic heterocycles. The Hall–Kier alpha value is -3.79. The molecule has 1 heterocycles. The van der Waals surface area contributed by atoms with Crippen LogP contribution in [0.4, 0.5) is 5.69 Å². The van der Waals surface area contributed by atoms with Crippen LogP contribution in [-0.2, 0) is 0 Å². The van der Waals surface area contributed by atoms with E-state index < -0.39 is 0 Å². The summed E-state index contributed by atoms with van der Waals surface area (Å²) >= 11 is 0. The molecule has 0 bridgehead atoms. The second-order valence-corrected chi connectivity index (χ2v) is 6.44. The molecular weight excluding hydrogens is 354 g/mol. The van der Waals surface area contributed by atoms with E-state index in [1.807, 2.05) is 42.6 Å². The second-order valence-electron chi connectivity index (χ2n) is 6.44. The van der Waals surface area contributed by atoms with Gasteiger partial charge in [0.25, 0.3) is 0 Å². The van der Waals surface area contributed by atoms with Crippen LogP contribution in [0.2, 0.25) is 0 Å². The highest BCUT2D eigenvalue weighted by atomic mass is 16.5. The van der Waals surface area contributed by atoms with Gasteiger partial charge in [-0.1, -0.05) is 30.3 Å². The van der Waals surface area contributed by atoms with Crippen molar-refractivity contribution in [3.8, 4) is 23.3 Å². The number of hydrogen-bond acceptors (Lipinski definition) is 5. The van der Waals surface area contributed by atoms with Crippen LogP contribution in [-0.4, -0.2) is 24.1 Å². The van der Waals surface area contributed by atoms with Crippen molar-refractivity contribution in [3.05, 3.63) is 66.7 Å². The van der Waals surface area contributed by atoms with Crippen LogP contribution < -0.4 is 15.4 Å². The first-order valence-corrected chi connectivity index (χ1v) is 8.90. The molecule has 0 spiro atoms. The van der Waals surface area contributed by atoms with E-state index in [0.29, 0.717) is 23.4 Å². The minimum atomic E-state index is 0.154. The Balaban J connectivity index is 1.52. The van der Waals surface area contributed by atoms with Crippen molar-refractivity contribution < 1.29 is 9.15 Å². The zero-order valence-corrected chi connectivity index (χ0v) is 15.3. The van der Waals surface area contributed by atoms with E-state index in [4.69, 9.17) is 14.4 Å². The van der Waals surface area contributed by atoms with Gasteiger partial charge in [0.2, 0.25) is 5.96 Å². The highest BCUT2D eigenvalue weighted by Crippen LogP contribution is 2.43. The summed E-state index contributed by atoms with van der Waals surface area (Å²) < 4.78 is 10.8. The predicted molar refractivity (Wildman–Crippen MR) is 106 cm³/mol. The number of hydrogen-bond donors (Lipinski definition) is 2. The summed E-state index contributed by atoms with van der Waals surface area (Å²) in [5.74, 6) is 2.06. The smallest absolute Gasteiger partial charge is 0.209 e. The Morgan fingerprint density at radius 1 is 1.29 bits per heavy atom. The van der Waals surface area contributed by atoms with Crippen LogP contribution in [0.15, 0.2) is 70.5 Å². The Morgan fingerprint density at radius 2 is 2.14 bits per heavy atom. The molecule has 0 radical (unpaired) electrons. The molecule has 7 nitrogen and oxygen atoms in total. The van der Waals surface area contributed by atoms with Gasteiger partial charge in [0, 0.05) is 17.7 Å². The maximum Gasteiger partial charge on any atom is 0.209 e. The van der Waals surface area contributed by atoms with Gasteiger partial charge in [0.05, 0.1) is 24.9 Å². The van der Waals surface area contributed by atoms with Gasteiger partial charge in [-0.05, 0) is 24.1 Å². The minimum absolute atomic E-state index is 0.154. The molecule has 1 fully saturated rings. The first-order chi connectivity index (χ1) is 13.8. The number of anilines is 1. The topological polar surface area (TPSA) is 95.5 Å². The van der Waals surface area contributed by atoms with Crippen molar-refractivity contribution in [3.63, 3.8) is 0 Å². The molecule has 1 aliphatic carbocycles. The maximum absolute atomic E-state index is 9.07. The lowest BCUT2D eigenvalue weighted by Crippen LogP contribution is -2.27. The number of nitrogens with one attached hydrogen (secondary N) is 2. The van der Waals surface area contributed by atoms with Crippen LogP contribution in [0.25, 0.3) is 11.3 Å². The number of ether oxygens (including phenoxy) is 1. The van der Waals surface area contributed by atoms with Gasteiger partial charge in [-0.15, -0.1) is 0 Å². The first-order valence-electron chi connectivity index (χ1n) is 8.90. The van der Waals surface area contributed by atoms with Crippen LogP contribution in [0.3, 0.4) is 0 Å². The van der Waals surface area contributed by atoms with Gasteiger partial charge >= 0.3 is 0 Å². The van der Waals surface area contributed by atoms with E-state index in [1.165, 1.54) is 12.0 Å². The standard InChI is InChI=1S/C21H19N5O2/c1-27-19-9-15(7-8-16(19)20-11-23-13-28-20)25-21(24-12-22)26-18-10-17(18)14-5-3-2-4-6-14/h2-9,11,13,17-18H,10H2,1H3,(H2,24,25,26)/t17-,18+/m0/s1. The molecule has 140 valence electrons. The normalized spacial score (nSPS) is 18.2. The summed E-state index contributed by atoms with van der Waals surface area (Å²) in [6.07, 6.45) is 5.92. The van der Waals surface area contributed by atoms with E-state index in [0.717, 1.165) is 17.7 Å². The number of aliphatic imine (C=N–C) groups is 1. The number of guanidine groups is 1. The quantitative estimate of drug-likeness (QED) is 0.306. The van der Waals surface area contributed by atoms with Crippen molar-refractivity contribution in [2.75, 3.05) is 12.4 Å². The van der Waals surface area contributed by atoms with Gasteiger partial charge < -0.3 is 14.5 Å². The molecule has 1 saturated carbocycles. The maximum atomic E-state index is 9.07. The molecule has 2 N–H and O–H groups in total. The van der Waals surface area contributed by atoms with Crippen molar-refractivity contribution in [2.24, 2.45) is 4.99 Å². The molecule has 2 atom stereocenters. The number of benzene rings is 2. The van der Waals surface area contributed by atoms with Crippen molar-refractivity contribution in [2.45, 2.75) is 18.4 Å². The molecule has 0 amide bonds. The lowest BCUT2D eigenvalue weighted by atomic mass is 10.1. The molecule has 7 heteroatoms. The van der Waals surface area contributed by atoms with E-state index >= 15 is 0 Å². The fourth-order valence-electron chi connectivity index (χ4n) is 3.16. The summed E-state index contributed by atoms with van der Waals surface area (Å²) in [6.45, 7) is 0. The molecule has 3 aromatic rings. The third kappa shape index (κ3) is 3.81. The van der Waals surface area contributed by atoms with Crippen LogP contribution >= 0.6 is 0 Å². The summed E-state index contributed by atoms with van der Waals surface area (Å²) in [5.41, 5.74) is 2.81. The third-order valence-electron chi connectivity index (χ3n) is 4.62. The van der Waals surface area contributed by atoms with Gasteiger partial charge in [0.15, 0.2) is 18.3 Å². The SMILES string of the molecule is COc1cc(NC(=N[C@@H]2C[C@H]2c2ccccc2)NC#N)ccc1-c1cnco1. The lowest BCUT2D eigenvalue weighted by Gasteiger charge is -2.12. The Bertz CT molecular complexity index is 1010. The number of oxazole rings is 1. The molecule has 4 rings (SSSR count). The van der Waals surface area contributed by atoms with E-state index in [1.54, 1.807) is 13.3 Å². The summed E-state index contributed by atoms with van der Waals surface area (Å²) in [4.78, 5) is 8.60. The predicted octanol–water partition coefficient (Wildman–Crippen LogP) is 3.74. The van der Waals surface area contributed by atoms with E-state index in [9.17, 15) is 0 Å². The minimum Gasteiger partial charge on any atom is -0.496 e. The van der Waals surface area contributed by atoms with Gasteiger partial charge in [-0.2, -0.15) is 5.26 Å². The summed E-state index contributed by atoms with van der Waals surface area (Å²) in [6, 6.07) is 16.0. The fourth-order valence-corrected chi connectivity index (χ4v) is 3.16. The molecule has 28 heavy (non-hydrogen) atoms.